The average molecular weight is 382 g/mol. The number of carbonyl (C=O) groups excluding carboxylic acids is 1. The van der Waals surface area contributed by atoms with Gasteiger partial charge in [0.25, 0.3) is 5.91 Å². The van der Waals surface area contributed by atoms with Crippen LogP contribution in [0.15, 0.2) is 36.5 Å². The van der Waals surface area contributed by atoms with Crippen molar-refractivity contribution in [2.75, 3.05) is 19.7 Å². The molecule has 1 fully saturated rings. The number of carbonyl (C=O) groups is 1. The highest BCUT2D eigenvalue weighted by molar-refractivity contribution is 6.42. The molecule has 3 N–H and O–H groups in total. The second-order valence-electron chi connectivity index (χ2n) is 5.55. The van der Waals surface area contributed by atoms with Crippen molar-refractivity contribution in [2.24, 2.45) is 5.73 Å². The third-order valence-electron chi connectivity index (χ3n) is 3.83. The van der Waals surface area contributed by atoms with E-state index >= 15 is 0 Å². The van der Waals surface area contributed by atoms with Crippen LogP contribution < -0.4 is 15.8 Å². The number of pyridine rings is 1. The van der Waals surface area contributed by atoms with Crippen LogP contribution >= 0.6 is 23.2 Å². The summed E-state index contributed by atoms with van der Waals surface area (Å²) >= 11 is 12.1. The van der Waals surface area contributed by atoms with Crippen molar-refractivity contribution in [3.8, 4) is 5.88 Å². The summed E-state index contributed by atoms with van der Waals surface area (Å²) in [6, 6.07) is 8.51. The molecule has 2 aromatic rings. The monoisotopic (exact) mass is 381 g/mol. The van der Waals surface area contributed by atoms with E-state index in [-0.39, 0.29) is 11.4 Å². The Bertz CT molecular complexity index is 773. The Balaban J connectivity index is 1.91. The van der Waals surface area contributed by atoms with Gasteiger partial charge in [0.05, 0.1) is 16.7 Å². The molecule has 1 aliphatic heterocycles. The predicted octanol–water partition coefficient (Wildman–Crippen LogP) is 2.60. The van der Waals surface area contributed by atoms with Gasteiger partial charge in [-0.15, -0.1) is 0 Å². The van der Waals surface area contributed by atoms with Crippen LogP contribution in [0.2, 0.25) is 10.0 Å². The molecule has 8 heteroatoms. The average Bonchev–Trinajstić information content (AvgIpc) is 2.83. The van der Waals surface area contributed by atoms with Gasteiger partial charge in [-0.05, 0) is 29.8 Å². The number of rotatable bonds is 4. The van der Waals surface area contributed by atoms with Gasteiger partial charge < -0.3 is 20.5 Å². The van der Waals surface area contributed by atoms with Crippen LogP contribution in [0.25, 0.3) is 0 Å². The summed E-state index contributed by atoms with van der Waals surface area (Å²) in [6.45, 7) is 1.71. The van der Waals surface area contributed by atoms with Crippen molar-refractivity contribution in [2.45, 2.75) is 12.2 Å². The lowest BCUT2D eigenvalue weighted by atomic mass is 10.0. The van der Waals surface area contributed by atoms with Crippen LogP contribution in [-0.2, 0) is 4.74 Å². The van der Waals surface area contributed by atoms with E-state index in [4.69, 9.17) is 38.4 Å². The number of halogens is 2. The number of benzene rings is 1. The van der Waals surface area contributed by atoms with Crippen LogP contribution in [0.4, 0.5) is 0 Å². The molecule has 2 unspecified atom stereocenters. The fraction of sp³-hybridized carbons (Fsp3) is 0.294. The molecular formula is C17H17Cl2N3O3. The molecule has 0 radical (unpaired) electrons. The van der Waals surface area contributed by atoms with Gasteiger partial charge in [0.2, 0.25) is 5.88 Å². The Morgan fingerprint density at radius 3 is 2.92 bits per heavy atom. The SMILES string of the molecule is NC(=O)c1cccnc1OC1CNCCOC1c1ccc(Cl)c(Cl)c1. The van der Waals surface area contributed by atoms with E-state index in [1.54, 1.807) is 30.5 Å². The Labute approximate surface area is 155 Å². The van der Waals surface area contributed by atoms with Gasteiger partial charge >= 0.3 is 0 Å². The molecule has 1 saturated heterocycles. The standard InChI is InChI=1S/C17H17Cl2N3O3/c18-12-4-3-10(8-13(12)19)15-14(9-21-6-7-24-15)25-17-11(16(20)23)2-1-5-22-17/h1-5,8,14-15,21H,6-7,9H2,(H2,20,23). The van der Waals surface area contributed by atoms with E-state index in [9.17, 15) is 4.79 Å². The number of primary amides is 1. The summed E-state index contributed by atoms with van der Waals surface area (Å²) in [7, 11) is 0. The minimum absolute atomic E-state index is 0.178. The summed E-state index contributed by atoms with van der Waals surface area (Å²) in [5.41, 5.74) is 6.45. The van der Waals surface area contributed by atoms with E-state index in [2.05, 4.69) is 10.3 Å². The first-order valence-electron chi connectivity index (χ1n) is 7.75. The van der Waals surface area contributed by atoms with E-state index in [0.29, 0.717) is 29.7 Å². The van der Waals surface area contributed by atoms with Crippen molar-refractivity contribution in [1.82, 2.24) is 10.3 Å². The summed E-state index contributed by atoms with van der Waals surface area (Å²) in [5, 5.41) is 4.15. The van der Waals surface area contributed by atoms with Gasteiger partial charge in [-0.25, -0.2) is 4.98 Å². The van der Waals surface area contributed by atoms with E-state index in [1.807, 2.05) is 6.07 Å². The molecule has 0 spiro atoms. The highest BCUT2D eigenvalue weighted by Crippen LogP contribution is 2.31. The van der Waals surface area contributed by atoms with Crippen molar-refractivity contribution in [3.63, 3.8) is 0 Å². The number of amides is 1. The smallest absolute Gasteiger partial charge is 0.254 e. The van der Waals surface area contributed by atoms with Gasteiger partial charge in [-0.2, -0.15) is 0 Å². The molecule has 25 heavy (non-hydrogen) atoms. The second kappa shape index (κ2) is 8.01. The molecule has 132 valence electrons. The van der Waals surface area contributed by atoms with E-state index in [1.165, 1.54) is 0 Å². The summed E-state index contributed by atoms with van der Waals surface area (Å²) in [5.74, 6) is -0.422. The Morgan fingerprint density at radius 1 is 1.32 bits per heavy atom. The number of hydrogen-bond acceptors (Lipinski definition) is 5. The van der Waals surface area contributed by atoms with Crippen molar-refractivity contribution in [3.05, 3.63) is 57.7 Å². The summed E-state index contributed by atoms with van der Waals surface area (Å²) < 4.78 is 11.9. The molecule has 1 aromatic heterocycles. The third kappa shape index (κ3) is 4.22. The lowest BCUT2D eigenvalue weighted by molar-refractivity contribution is -0.0103. The zero-order valence-corrected chi connectivity index (χ0v) is 14.8. The van der Waals surface area contributed by atoms with Crippen LogP contribution in [0.3, 0.4) is 0 Å². The number of nitrogens with zero attached hydrogens (tertiary/aromatic N) is 1. The summed E-state index contributed by atoms with van der Waals surface area (Å²) in [6.07, 6.45) is 0.723. The van der Waals surface area contributed by atoms with Gasteiger partial charge in [-0.3, -0.25) is 4.79 Å². The van der Waals surface area contributed by atoms with Crippen LogP contribution in [0.5, 0.6) is 5.88 Å². The Hall–Kier alpha value is -1.86. The molecule has 0 saturated carbocycles. The first kappa shape index (κ1) is 17.9. The van der Waals surface area contributed by atoms with Crippen LogP contribution in [-0.4, -0.2) is 36.7 Å². The highest BCUT2D eigenvalue weighted by Gasteiger charge is 2.29. The number of aromatic nitrogens is 1. The Kier molecular flexibility index (Phi) is 5.75. The molecule has 2 heterocycles. The number of hydrogen-bond donors (Lipinski definition) is 2. The maximum absolute atomic E-state index is 11.6. The van der Waals surface area contributed by atoms with Crippen molar-refractivity contribution in [1.29, 1.82) is 0 Å². The predicted molar refractivity (Wildman–Crippen MR) is 95.2 cm³/mol. The number of ether oxygens (including phenoxy) is 2. The largest absolute Gasteiger partial charge is 0.469 e. The zero-order valence-electron chi connectivity index (χ0n) is 13.2. The van der Waals surface area contributed by atoms with Gasteiger partial charge in [0, 0.05) is 19.3 Å². The fourth-order valence-corrected chi connectivity index (χ4v) is 2.94. The molecule has 3 rings (SSSR count). The van der Waals surface area contributed by atoms with Gasteiger partial charge in [-0.1, -0.05) is 29.3 Å². The van der Waals surface area contributed by atoms with Gasteiger partial charge in [0.1, 0.15) is 17.8 Å². The van der Waals surface area contributed by atoms with Crippen LogP contribution in [0, 0.1) is 0 Å². The molecule has 0 bridgehead atoms. The lowest BCUT2D eigenvalue weighted by Crippen LogP contribution is -2.35. The molecule has 1 aliphatic rings. The minimum Gasteiger partial charge on any atom is -0.469 e. The molecule has 1 amide bonds. The first-order chi connectivity index (χ1) is 12.1. The zero-order chi connectivity index (χ0) is 17.8. The normalized spacial score (nSPS) is 20.7. The second-order valence-corrected chi connectivity index (χ2v) is 6.36. The number of nitrogens with two attached hydrogens (primary N) is 1. The van der Waals surface area contributed by atoms with Crippen molar-refractivity contribution < 1.29 is 14.3 Å². The van der Waals surface area contributed by atoms with E-state index < -0.39 is 18.1 Å². The fourth-order valence-electron chi connectivity index (χ4n) is 2.64. The third-order valence-corrected chi connectivity index (χ3v) is 4.57. The maximum Gasteiger partial charge on any atom is 0.254 e. The number of nitrogens with one attached hydrogen (secondary N) is 1. The molecule has 0 aliphatic carbocycles. The maximum atomic E-state index is 11.6. The van der Waals surface area contributed by atoms with Gasteiger partial charge in [0.15, 0.2) is 0 Å². The topological polar surface area (TPSA) is 86.5 Å². The van der Waals surface area contributed by atoms with E-state index in [0.717, 1.165) is 5.56 Å². The molecule has 6 nitrogen and oxygen atoms in total. The lowest BCUT2D eigenvalue weighted by Gasteiger charge is -2.26. The van der Waals surface area contributed by atoms with Crippen molar-refractivity contribution >= 4 is 29.1 Å². The first-order valence-corrected chi connectivity index (χ1v) is 8.50. The molecule has 1 aromatic carbocycles. The molecular weight excluding hydrogens is 365 g/mol. The Morgan fingerprint density at radius 2 is 2.16 bits per heavy atom. The quantitative estimate of drug-likeness (QED) is 0.849. The van der Waals surface area contributed by atoms with Crippen LogP contribution in [0.1, 0.15) is 22.0 Å². The summed E-state index contributed by atoms with van der Waals surface area (Å²) in [4.78, 5) is 15.7. The minimum atomic E-state index is -0.600. The molecule has 2 atom stereocenters. The highest BCUT2D eigenvalue weighted by atomic mass is 35.5.